The van der Waals surface area contributed by atoms with Crippen molar-refractivity contribution >= 4 is 17.5 Å². The summed E-state index contributed by atoms with van der Waals surface area (Å²) in [5.74, 6) is 0.0755. The van der Waals surface area contributed by atoms with Gasteiger partial charge in [0.05, 0.1) is 24.8 Å². The van der Waals surface area contributed by atoms with Crippen LogP contribution < -0.4 is 0 Å². The first-order valence-corrected chi connectivity index (χ1v) is 8.07. The molecule has 0 unspecified atom stereocenters. The smallest absolute Gasteiger partial charge is 0.229 e. The third-order valence-corrected chi connectivity index (χ3v) is 4.39. The van der Waals surface area contributed by atoms with Gasteiger partial charge in [-0.1, -0.05) is 23.7 Å². The van der Waals surface area contributed by atoms with Gasteiger partial charge in [-0.15, -0.1) is 0 Å². The maximum absolute atomic E-state index is 12.6. The third-order valence-electron chi connectivity index (χ3n) is 4.16. The molecule has 1 amide bonds. The zero-order valence-electron chi connectivity index (χ0n) is 13.3. The normalized spacial score (nSPS) is 21.4. The number of ether oxygens (including phenoxy) is 1. The molecule has 1 aliphatic rings. The van der Waals surface area contributed by atoms with Crippen LogP contribution in [0, 0.1) is 0 Å². The zero-order valence-corrected chi connectivity index (χ0v) is 14.0. The van der Waals surface area contributed by atoms with E-state index in [1.54, 1.807) is 4.68 Å². The molecule has 122 valence electrons. The van der Waals surface area contributed by atoms with Gasteiger partial charge in [-0.05, 0) is 30.7 Å². The summed E-state index contributed by atoms with van der Waals surface area (Å²) in [5, 5.41) is 4.96. The minimum absolute atomic E-state index is 0.0431. The summed E-state index contributed by atoms with van der Waals surface area (Å²) in [4.78, 5) is 14.5. The first-order chi connectivity index (χ1) is 11.0. The monoisotopic (exact) mass is 333 g/mol. The Bertz CT molecular complexity index is 701. The van der Waals surface area contributed by atoms with E-state index in [0.717, 1.165) is 11.3 Å². The predicted octanol–water partition coefficient (Wildman–Crippen LogP) is 2.60. The molecule has 5 nitrogen and oxygen atoms in total. The van der Waals surface area contributed by atoms with Crippen molar-refractivity contribution in [2.75, 3.05) is 13.2 Å². The molecule has 1 fully saturated rings. The molecule has 1 saturated heterocycles. The Balaban J connectivity index is 1.74. The average Bonchev–Trinajstić information content (AvgIpc) is 2.92. The molecule has 2 atom stereocenters. The van der Waals surface area contributed by atoms with E-state index >= 15 is 0 Å². The van der Waals surface area contributed by atoms with Crippen LogP contribution in [0.3, 0.4) is 0 Å². The van der Waals surface area contributed by atoms with E-state index in [-0.39, 0.29) is 18.1 Å². The molecule has 3 rings (SSSR count). The van der Waals surface area contributed by atoms with E-state index in [2.05, 4.69) is 5.10 Å². The number of hydrogen-bond donors (Lipinski definition) is 0. The first kappa shape index (κ1) is 16.0. The molecule has 23 heavy (non-hydrogen) atoms. The maximum Gasteiger partial charge on any atom is 0.229 e. The van der Waals surface area contributed by atoms with E-state index in [0.29, 0.717) is 24.6 Å². The van der Waals surface area contributed by atoms with Crippen molar-refractivity contribution in [2.24, 2.45) is 7.05 Å². The third kappa shape index (κ3) is 3.57. The van der Waals surface area contributed by atoms with Gasteiger partial charge in [-0.25, -0.2) is 0 Å². The van der Waals surface area contributed by atoms with Crippen molar-refractivity contribution < 1.29 is 9.53 Å². The maximum atomic E-state index is 12.6. The van der Waals surface area contributed by atoms with E-state index in [4.69, 9.17) is 16.3 Å². The molecular formula is C17H20ClN3O2. The van der Waals surface area contributed by atoms with E-state index < -0.39 is 0 Å². The summed E-state index contributed by atoms with van der Waals surface area (Å²) in [6, 6.07) is 9.45. The molecule has 1 aromatic heterocycles. The lowest BCUT2D eigenvalue weighted by Gasteiger charge is -2.39. The topological polar surface area (TPSA) is 47.4 Å². The molecule has 2 heterocycles. The molecule has 0 N–H and O–H groups in total. The predicted molar refractivity (Wildman–Crippen MR) is 88.2 cm³/mol. The first-order valence-electron chi connectivity index (χ1n) is 7.69. The van der Waals surface area contributed by atoms with Crippen molar-refractivity contribution in [2.45, 2.75) is 25.5 Å². The standard InChI is InChI=1S/C17H20ClN3O2/c1-12-17(13-4-3-5-14(18)10-13)23-9-8-21(12)16(22)11-15-6-7-20(2)19-15/h3-7,10,12,17H,8-9,11H2,1-2H3/t12-,17+/m1/s1. The highest BCUT2D eigenvalue weighted by atomic mass is 35.5. The van der Waals surface area contributed by atoms with Crippen LogP contribution in [-0.4, -0.2) is 39.8 Å². The van der Waals surface area contributed by atoms with Gasteiger partial charge in [-0.2, -0.15) is 5.10 Å². The zero-order chi connectivity index (χ0) is 16.4. The van der Waals surface area contributed by atoms with Crippen molar-refractivity contribution in [3.63, 3.8) is 0 Å². The van der Waals surface area contributed by atoms with E-state index in [1.807, 2.05) is 55.4 Å². The Kier molecular flexibility index (Phi) is 4.68. The lowest BCUT2D eigenvalue weighted by atomic mass is 10.00. The van der Waals surface area contributed by atoms with Crippen LogP contribution in [0.15, 0.2) is 36.5 Å². The minimum atomic E-state index is -0.157. The van der Waals surface area contributed by atoms with E-state index in [9.17, 15) is 4.79 Å². The number of nitrogens with zero attached hydrogens (tertiary/aromatic N) is 3. The average molecular weight is 334 g/mol. The number of halogens is 1. The van der Waals surface area contributed by atoms with Crippen molar-refractivity contribution in [1.82, 2.24) is 14.7 Å². The van der Waals surface area contributed by atoms with Crippen LogP contribution >= 0.6 is 11.6 Å². The molecule has 0 aliphatic carbocycles. The second kappa shape index (κ2) is 6.72. The fraction of sp³-hybridized carbons (Fsp3) is 0.412. The van der Waals surface area contributed by atoms with Crippen LogP contribution in [0.25, 0.3) is 0 Å². The van der Waals surface area contributed by atoms with Gasteiger partial charge in [0.15, 0.2) is 0 Å². The second-order valence-corrected chi connectivity index (χ2v) is 6.27. The number of rotatable bonds is 3. The van der Waals surface area contributed by atoms with Crippen LogP contribution in [0.1, 0.15) is 24.3 Å². The number of aromatic nitrogens is 2. The van der Waals surface area contributed by atoms with Gasteiger partial charge in [0.25, 0.3) is 0 Å². The number of benzene rings is 1. The van der Waals surface area contributed by atoms with Crippen molar-refractivity contribution in [3.8, 4) is 0 Å². The second-order valence-electron chi connectivity index (χ2n) is 5.83. The SMILES string of the molecule is C[C@@H]1[C@@H](c2cccc(Cl)c2)OCCN1C(=O)Cc1ccn(C)n1. The van der Waals surface area contributed by atoms with Gasteiger partial charge >= 0.3 is 0 Å². The summed E-state index contributed by atoms with van der Waals surface area (Å²) < 4.78 is 7.60. The van der Waals surface area contributed by atoms with Gasteiger partial charge in [0.1, 0.15) is 6.10 Å². The van der Waals surface area contributed by atoms with Crippen LogP contribution in [-0.2, 0) is 23.0 Å². The van der Waals surface area contributed by atoms with Gasteiger partial charge < -0.3 is 9.64 Å². The molecule has 0 radical (unpaired) electrons. The minimum Gasteiger partial charge on any atom is -0.370 e. The quantitative estimate of drug-likeness (QED) is 0.867. The summed E-state index contributed by atoms with van der Waals surface area (Å²) in [7, 11) is 1.85. The lowest BCUT2D eigenvalue weighted by molar-refractivity contribution is -0.144. The van der Waals surface area contributed by atoms with Gasteiger partial charge in [-0.3, -0.25) is 9.48 Å². The molecular weight excluding hydrogens is 314 g/mol. The lowest BCUT2D eigenvalue weighted by Crippen LogP contribution is -2.49. The molecule has 2 aromatic rings. The number of amides is 1. The number of morpholine rings is 1. The molecule has 0 saturated carbocycles. The fourth-order valence-corrected chi connectivity index (χ4v) is 3.21. The summed E-state index contributed by atoms with van der Waals surface area (Å²) in [5.41, 5.74) is 1.79. The Morgan fingerprint density at radius 2 is 2.26 bits per heavy atom. The molecule has 1 aromatic carbocycles. The van der Waals surface area contributed by atoms with Crippen LogP contribution in [0.4, 0.5) is 0 Å². The highest BCUT2D eigenvalue weighted by molar-refractivity contribution is 6.30. The number of hydrogen-bond acceptors (Lipinski definition) is 3. The molecule has 1 aliphatic heterocycles. The largest absolute Gasteiger partial charge is 0.370 e. The van der Waals surface area contributed by atoms with Crippen LogP contribution in [0.5, 0.6) is 0 Å². The molecule has 0 spiro atoms. The molecule has 6 heteroatoms. The van der Waals surface area contributed by atoms with Crippen molar-refractivity contribution in [1.29, 1.82) is 0 Å². The number of carbonyl (C=O) groups is 1. The van der Waals surface area contributed by atoms with Gasteiger partial charge in [0, 0.05) is 24.8 Å². The van der Waals surface area contributed by atoms with E-state index in [1.165, 1.54) is 0 Å². The Labute approximate surface area is 140 Å². The summed E-state index contributed by atoms with van der Waals surface area (Å²) >= 11 is 6.07. The number of aryl methyl sites for hydroxylation is 1. The van der Waals surface area contributed by atoms with Gasteiger partial charge in [0.2, 0.25) is 5.91 Å². The highest BCUT2D eigenvalue weighted by Gasteiger charge is 2.33. The summed E-state index contributed by atoms with van der Waals surface area (Å²) in [6.45, 7) is 3.14. The molecule has 0 bridgehead atoms. The highest BCUT2D eigenvalue weighted by Crippen LogP contribution is 2.30. The fourth-order valence-electron chi connectivity index (χ4n) is 3.01. The Morgan fingerprint density at radius 1 is 1.43 bits per heavy atom. The Hall–Kier alpha value is -1.85. The van der Waals surface area contributed by atoms with Crippen LogP contribution in [0.2, 0.25) is 5.02 Å². The number of carbonyl (C=O) groups excluding carboxylic acids is 1. The summed E-state index contributed by atoms with van der Waals surface area (Å²) in [6.07, 6.45) is 2.00. The van der Waals surface area contributed by atoms with Crippen molar-refractivity contribution in [3.05, 3.63) is 52.8 Å². The Morgan fingerprint density at radius 3 is 2.96 bits per heavy atom.